The molecule has 0 radical (unpaired) electrons. The van der Waals surface area contributed by atoms with Crippen LogP contribution in [0.25, 0.3) is 0 Å². The van der Waals surface area contributed by atoms with Gasteiger partial charge in [0, 0.05) is 39.5 Å². The van der Waals surface area contributed by atoms with Gasteiger partial charge in [0.25, 0.3) is 0 Å². The monoisotopic (exact) mass is 319 g/mol. The molecule has 2 aliphatic rings. The van der Waals surface area contributed by atoms with Crippen molar-refractivity contribution in [3.8, 4) is 0 Å². The van der Waals surface area contributed by atoms with Crippen molar-refractivity contribution in [1.29, 1.82) is 0 Å². The van der Waals surface area contributed by atoms with Gasteiger partial charge in [-0.1, -0.05) is 0 Å². The summed E-state index contributed by atoms with van der Waals surface area (Å²) in [5.41, 5.74) is 0. The Kier molecular flexibility index (Phi) is 7.07. The Hall–Kier alpha value is -0.0231. The predicted octanol–water partition coefficient (Wildman–Crippen LogP) is 0.523. The van der Waals surface area contributed by atoms with Crippen molar-refractivity contribution in [2.24, 2.45) is 0 Å². The summed E-state index contributed by atoms with van der Waals surface area (Å²) in [5, 5.41) is 9.52. The molecule has 2 atom stereocenters. The van der Waals surface area contributed by atoms with E-state index >= 15 is 0 Å². The van der Waals surface area contributed by atoms with E-state index in [2.05, 4.69) is 4.90 Å². The van der Waals surface area contributed by atoms with E-state index in [1.165, 1.54) is 0 Å². The molecule has 0 aromatic carbocycles. The number of aliphatic hydroxyl groups excluding tert-OH is 1. The van der Waals surface area contributed by atoms with Gasteiger partial charge in [-0.3, -0.25) is 4.90 Å². The molecule has 2 aliphatic heterocycles. The minimum atomic E-state index is -2.40. The van der Waals surface area contributed by atoms with Gasteiger partial charge in [0.05, 0.1) is 19.4 Å². The maximum atomic E-state index is 9.52. The average molecular weight is 319 g/mol. The van der Waals surface area contributed by atoms with Gasteiger partial charge in [0.15, 0.2) is 0 Å². The van der Waals surface area contributed by atoms with Crippen molar-refractivity contribution >= 4 is 8.56 Å². The molecule has 0 aromatic rings. The summed E-state index contributed by atoms with van der Waals surface area (Å²) in [6.45, 7) is 4.37. The smallest absolute Gasteiger partial charge is 0.364 e. The van der Waals surface area contributed by atoms with Crippen LogP contribution in [0.1, 0.15) is 19.3 Å². The summed E-state index contributed by atoms with van der Waals surface area (Å²) in [5.74, 6) is 0. The van der Waals surface area contributed by atoms with Crippen molar-refractivity contribution < 1.29 is 23.4 Å². The molecule has 124 valence electrons. The lowest BCUT2D eigenvalue weighted by Gasteiger charge is -2.34. The second-order valence-electron chi connectivity index (χ2n) is 5.85. The first-order valence-corrected chi connectivity index (χ1v) is 10.1. The zero-order valence-corrected chi connectivity index (χ0v) is 14.3. The molecule has 6 nitrogen and oxygen atoms in total. The first-order valence-electron chi connectivity index (χ1n) is 7.87. The molecule has 2 heterocycles. The molecule has 2 unspecified atom stereocenters. The highest BCUT2D eigenvalue weighted by Crippen LogP contribution is 2.23. The fourth-order valence-electron chi connectivity index (χ4n) is 3.26. The van der Waals surface area contributed by atoms with Crippen LogP contribution < -0.4 is 0 Å². The van der Waals surface area contributed by atoms with Gasteiger partial charge in [0.2, 0.25) is 0 Å². The zero-order valence-electron chi connectivity index (χ0n) is 13.3. The topological polar surface area (TPSA) is 60.4 Å². The molecular formula is C14H29NO5Si. The second-order valence-corrected chi connectivity index (χ2v) is 9.31. The van der Waals surface area contributed by atoms with Gasteiger partial charge < -0.3 is 23.4 Å². The molecule has 0 aliphatic carbocycles. The summed E-state index contributed by atoms with van der Waals surface area (Å²) < 4.78 is 22.0. The highest BCUT2D eigenvalue weighted by molar-refractivity contribution is 6.67. The Morgan fingerprint density at radius 1 is 1.10 bits per heavy atom. The molecule has 2 saturated heterocycles. The van der Waals surface area contributed by atoms with Crippen LogP contribution in [0, 0.1) is 0 Å². The molecule has 1 N–H and O–H groups in total. The van der Waals surface area contributed by atoms with E-state index in [9.17, 15) is 5.11 Å². The minimum Gasteiger partial charge on any atom is -0.396 e. The van der Waals surface area contributed by atoms with Gasteiger partial charge >= 0.3 is 8.56 Å². The van der Waals surface area contributed by atoms with Gasteiger partial charge in [0.1, 0.15) is 0 Å². The van der Waals surface area contributed by atoms with Crippen LogP contribution in [0.3, 0.4) is 0 Å². The van der Waals surface area contributed by atoms with Crippen molar-refractivity contribution in [3.05, 3.63) is 0 Å². The maximum absolute atomic E-state index is 9.52. The molecule has 2 fully saturated rings. The second kappa shape index (κ2) is 8.57. The average Bonchev–Trinajstić information content (AvgIpc) is 3.22. The predicted molar refractivity (Wildman–Crippen MR) is 81.4 cm³/mol. The number of aliphatic hydroxyl groups is 1. The van der Waals surface area contributed by atoms with E-state index in [1.807, 2.05) is 0 Å². The Bertz CT molecular complexity index is 267. The van der Waals surface area contributed by atoms with E-state index in [-0.39, 0.29) is 6.23 Å². The van der Waals surface area contributed by atoms with Crippen LogP contribution in [-0.2, 0) is 18.3 Å². The molecule has 21 heavy (non-hydrogen) atoms. The Morgan fingerprint density at radius 3 is 2.05 bits per heavy atom. The summed E-state index contributed by atoms with van der Waals surface area (Å²) in [6, 6.07) is 1.83. The normalized spacial score (nSPS) is 26.9. The van der Waals surface area contributed by atoms with Crippen LogP contribution in [0.2, 0.25) is 6.04 Å². The maximum Gasteiger partial charge on any atom is 0.364 e. The van der Waals surface area contributed by atoms with E-state index in [1.54, 1.807) is 14.2 Å². The first kappa shape index (κ1) is 17.3. The molecular weight excluding hydrogens is 290 g/mol. The van der Waals surface area contributed by atoms with Crippen LogP contribution in [-0.4, -0.2) is 84.1 Å². The lowest BCUT2D eigenvalue weighted by Crippen LogP contribution is -2.47. The fraction of sp³-hybridized carbons (Fsp3) is 1.00. The van der Waals surface area contributed by atoms with Gasteiger partial charge in [-0.25, -0.2) is 0 Å². The zero-order chi connectivity index (χ0) is 15.1. The van der Waals surface area contributed by atoms with E-state index in [4.69, 9.17) is 18.3 Å². The largest absolute Gasteiger partial charge is 0.396 e. The number of nitrogens with zero attached hydrogens (tertiary/aromatic N) is 1. The van der Waals surface area contributed by atoms with Crippen molar-refractivity contribution in [2.75, 3.05) is 53.4 Å². The number of rotatable bonds is 9. The Morgan fingerprint density at radius 2 is 1.67 bits per heavy atom. The van der Waals surface area contributed by atoms with E-state index in [0.717, 1.165) is 58.3 Å². The Balaban J connectivity index is 1.86. The summed E-state index contributed by atoms with van der Waals surface area (Å²) in [6.07, 6.45) is 3.20. The quantitative estimate of drug-likeness (QED) is 0.625. The summed E-state index contributed by atoms with van der Waals surface area (Å²) >= 11 is 0. The minimum absolute atomic E-state index is 0.0130. The standard InChI is InChI=1S/C14H29NO5Si/c1-17-21(12-16,18-2)9-3-6-15(13-4-7-19-10-13)14-5-8-20-11-14/h13-14,16H,3-12H2,1-2H3. The van der Waals surface area contributed by atoms with Crippen LogP contribution in [0.5, 0.6) is 0 Å². The van der Waals surface area contributed by atoms with E-state index in [0.29, 0.717) is 12.1 Å². The lowest BCUT2D eigenvalue weighted by molar-refractivity contribution is 0.0921. The summed E-state index contributed by atoms with van der Waals surface area (Å²) in [7, 11) is 0.880. The fourth-order valence-corrected chi connectivity index (χ4v) is 4.95. The van der Waals surface area contributed by atoms with Gasteiger partial charge in [-0.15, -0.1) is 0 Å². The molecule has 0 aromatic heterocycles. The molecule has 0 bridgehead atoms. The van der Waals surface area contributed by atoms with Crippen LogP contribution in [0.15, 0.2) is 0 Å². The highest BCUT2D eigenvalue weighted by Gasteiger charge is 2.36. The van der Waals surface area contributed by atoms with Crippen molar-refractivity contribution in [3.63, 3.8) is 0 Å². The SMILES string of the molecule is CO[Si](CO)(CCCN(C1CCOC1)C1CCOC1)OC. The highest BCUT2D eigenvalue weighted by atomic mass is 28.4. The summed E-state index contributed by atoms with van der Waals surface area (Å²) in [4.78, 5) is 2.54. The lowest BCUT2D eigenvalue weighted by atomic mass is 10.1. The van der Waals surface area contributed by atoms with Crippen molar-refractivity contribution in [2.45, 2.75) is 37.4 Å². The van der Waals surface area contributed by atoms with Crippen LogP contribution in [0.4, 0.5) is 0 Å². The number of hydrogen-bond acceptors (Lipinski definition) is 6. The molecule has 7 heteroatoms. The Labute approximate surface area is 128 Å². The molecule has 2 rings (SSSR count). The third kappa shape index (κ3) is 4.48. The third-order valence-corrected chi connectivity index (χ3v) is 7.79. The van der Waals surface area contributed by atoms with E-state index < -0.39 is 8.56 Å². The van der Waals surface area contributed by atoms with Gasteiger partial charge in [-0.05, 0) is 31.9 Å². The van der Waals surface area contributed by atoms with Gasteiger partial charge in [-0.2, -0.15) is 0 Å². The van der Waals surface area contributed by atoms with Crippen LogP contribution >= 0.6 is 0 Å². The molecule has 0 saturated carbocycles. The number of ether oxygens (including phenoxy) is 2. The number of hydrogen-bond donors (Lipinski definition) is 1. The molecule has 0 spiro atoms. The van der Waals surface area contributed by atoms with Crippen molar-refractivity contribution in [1.82, 2.24) is 4.90 Å². The molecule has 0 amide bonds. The first-order chi connectivity index (χ1) is 10.2. The third-order valence-electron chi connectivity index (χ3n) is 4.71.